The van der Waals surface area contributed by atoms with E-state index < -0.39 is 15.9 Å². The summed E-state index contributed by atoms with van der Waals surface area (Å²) in [6, 6.07) is 8.39. The van der Waals surface area contributed by atoms with E-state index >= 15 is 0 Å². The van der Waals surface area contributed by atoms with Crippen LogP contribution in [0.15, 0.2) is 35.4 Å². The van der Waals surface area contributed by atoms with Crippen LogP contribution in [0, 0.1) is 11.8 Å². The summed E-state index contributed by atoms with van der Waals surface area (Å²) in [6.07, 6.45) is 4.48. The number of anilines is 2. The van der Waals surface area contributed by atoms with Crippen molar-refractivity contribution in [3.05, 3.63) is 41.6 Å². The summed E-state index contributed by atoms with van der Waals surface area (Å²) < 4.78 is 29.3. The van der Waals surface area contributed by atoms with Gasteiger partial charge in [0.1, 0.15) is 11.6 Å². The lowest BCUT2D eigenvalue weighted by molar-refractivity contribution is -0.133. The van der Waals surface area contributed by atoms with Gasteiger partial charge in [-0.1, -0.05) is 26.8 Å². The molecule has 5 heterocycles. The van der Waals surface area contributed by atoms with Crippen LogP contribution in [0.25, 0.3) is 0 Å². The zero-order valence-corrected chi connectivity index (χ0v) is 28.6. The number of likely N-dealkylation sites (N-methyl/N-ethyl adjacent to an activating group) is 1. The average molecular weight is 640 g/mol. The van der Waals surface area contributed by atoms with Crippen LogP contribution in [-0.2, 0) is 20.2 Å². The third-order valence-corrected chi connectivity index (χ3v) is 10.7. The van der Waals surface area contributed by atoms with Crippen molar-refractivity contribution in [1.82, 2.24) is 24.5 Å². The van der Waals surface area contributed by atoms with E-state index in [2.05, 4.69) is 54.5 Å². The second-order valence-corrected chi connectivity index (χ2v) is 16.5. The smallest absolute Gasteiger partial charge is 0.281 e. The average Bonchev–Trinajstić information content (AvgIpc) is 3.27. The minimum atomic E-state index is -4.27. The summed E-state index contributed by atoms with van der Waals surface area (Å²) in [5.74, 6) is 1.06. The third-order valence-electron chi connectivity index (χ3n) is 9.46. The largest absolute Gasteiger partial charge is 0.367 e. The lowest BCUT2D eigenvalue weighted by Crippen LogP contribution is -2.45. The highest BCUT2D eigenvalue weighted by Crippen LogP contribution is 2.41. The predicted octanol–water partition coefficient (Wildman–Crippen LogP) is 3.87. The van der Waals surface area contributed by atoms with E-state index in [1.807, 2.05) is 30.0 Å². The normalized spacial score (nSPS) is 23.9. The Hall–Kier alpha value is -3.25. The number of aromatic nitrogens is 2. The quantitative estimate of drug-likeness (QED) is 0.515. The number of carbonyl (C=O) groups excluding carboxylic acids is 2. The number of amides is 2. The lowest BCUT2D eigenvalue weighted by atomic mass is 9.84. The molecule has 0 aromatic carbocycles. The van der Waals surface area contributed by atoms with Crippen molar-refractivity contribution < 1.29 is 18.0 Å². The van der Waals surface area contributed by atoms with Gasteiger partial charge in [0.05, 0.1) is 12.1 Å². The van der Waals surface area contributed by atoms with Crippen molar-refractivity contribution in [2.45, 2.75) is 88.7 Å². The molecule has 3 aliphatic rings. The Morgan fingerprint density at radius 1 is 1.04 bits per heavy atom. The Bertz CT molecular complexity index is 1530. The van der Waals surface area contributed by atoms with Crippen LogP contribution in [0.4, 0.5) is 11.6 Å². The Morgan fingerprint density at radius 3 is 2.42 bits per heavy atom. The molecule has 2 amide bonds. The molecule has 4 bridgehead atoms. The van der Waals surface area contributed by atoms with E-state index in [4.69, 9.17) is 4.98 Å². The van der Waals surface area contributed by atoms with Gasteiger partial charge < -0.3 is 20.0 Å². The van der Waals surface area contributed by atoms with Crippen molar-refractivity contribution in [1.29, 1.82) is 0 Å². The Kier molecular flexibility index (Phi) is 9.21. The molecular weight excluding hydrogens is 590 g/mol. The van der Waals surface area contributed by atoms with Crippen LogP contribution >= 0.6 is 0 Å². The summed E-state index contributed by atoms with van der Waals surface area (Å²) >= 11 is 0. The van der Waals surface area contributed by atoms with Crippen molar-refractivity contribution in [3.8, 4) is 0 Å². The van der Waals surface area contributed by atoms with Crippen LogP contribution in [0.5, 0.6) is 0 Å². The number of nitrogens with one attached hydrogen (secondary N) is 2. The molecule has 0 radical (unpaired) electrons. The molecule has 45 heavy (non-hydrogen) atoms. The van der Waals surface area contributed by atoms with Gasteiger partial charge in [-0.25, -0.2) is 14.7 Å². The molecule has 246 valence electrons. The molecule has 12 heteroatoms. The molecule has 2 atom stereocenters. The van der Waals surface area contributed by atoms with Crippen LogP contribution in [0.3, 0.4) is 0 Å². The number of hydrogen-bond acceptors (Lipinski definition) is 9. The van der Waals surface area contributed by atoms with Crippen LogP contribution in [0.2, 0.25) is 0 Å². The zero-order valence-electron chi connectivity index (χ0n) is 27.8. The molecule has 0 spiro atoms. The van der Waals surface area contributed by atoms with E-state index in [1.54, 1.807) is 18.2 Å². The number of hydrogen-bond donors (Lipinski definition) is 2. The summed E-state index contributed by atoms with van der Waals surface area (Å²) in [4.78, 5) is 41.9. The summed E-state index contributed by atoms with van der Waals surface area (Å²) in [7, 11) is -0.457. The molecule has 0 unspecified atom stereocenters. The standard InChI is InChI=1S/C33H49N7O4S/c1-32(2,3)26-14-12-24-30(35-26)40-20-22(19-33(40,4)5)11-13-25(23-15-17-39(18-16-23)29(41)21-38(6)7)34-27-9-8-10-28(36-27)45(43,44)37-31(24)42/h8-10,12,14,22-23,25H,11,13,15-21H2,1-7H3,(H,34,36)(H,37,42)/t22-,25-/m0/s1. The molecule has 0 aliphatic carbocycles. The van der Waals surface area contributed by atoms with Gasteiger partial charge in [-0.15, -0.1) is 0 Å². The van der Waals surface area contributed by atoms with E-state index in [0.717, 1.165) is 44.3 Å². The Labute approximate surface area is 268 Å². The second kappa shape index (κ2) is 12.5. The number of carbonyl (C=O) groups is 2. The molecule has 2 saturated heterocycles. The highest BCUT2D eigenvalue weighted by Gasteiger charge is 2.42. The molecule has 11 nitrogen and oxygen atoms in total. The van der Waals surface area contributed by atoms with Gasteiger partial charge in [-0.3, -0.25) is 9.59 Å². The fraction of sp³-hybridized carbons (Fsp3) is 0.636. The van der Waals surface area contributed by atoms with E-state index in [-0.39, 0.29) is 33.5 Å². The van der Waals surface area contributed by atoms with E-state index in [9.17, 15) is 18.0 Å². The first-order chi connectivity index (χ1) is 21.0. The maximum Gasteiger partial charge on any atom is 0.281 e. The molecule has 3 aliphatic heterocycles. The minimum absolute atomic E-state index is 0.0522. The van der Waals surface area contributed by atoms with Gasteiger partial charge in [0.2, 0.25) is 5.91 Å². The Morgan fingerprint density at radius 2 is 1.76 bits per heavy atom. The SMILES string of the molecule is CN(C)CC(=O)N1CCC([C@@H]2CC[C@@H]3CN(c4nc(C(C)(C)C)ccc4C(=O)NS(=O)(=O)c4cccc(n4)N2)C(C)(C)C3)CC1. The highest BCUT2D eigenvalue weighted by atomic mass is 32.2. The van der Waals surface area contributed by atoms with Crippen molar-refractivity contribution >= 4 is 33.5 Å². The summed E-state index contributed by atoms with van der Waals surface area (Å²) in [6.45, 7) is 13.1. The molecular formula is C33H49N7O4S. The maximum atomic E-state index is 13.7. The first kappa shape index (κ1) is 33.1. The van der Waals surface area contributed by atoms with Gasteiger partial charge in [0.25, 0.3) is 15.9 Å². The summed E-state index contributed by atoms with van der Waals surface area (Å²) in [5.41, 5.74) is 0.529. The molecule has 2 fully saturated rings. The minimum Gasteiger partial charge on any atom is -0.367 e. The van der Waals surface area contributed by atoms with Crippen molar-refractivity contribution in [2.75, 3.05) is 50.5 Å². The number of nitrogens with zero attached hydrogens (tertiary/aromatic N) is 5. The number of rotatable bonds is 3. The van der Waals surface area contributed by atoms with E-state index in [1.165, 1.54) is 6.07 Å². The zero-order chi connectivity index (χ0) is 32.7. The third kappa shape index (κ3) is 7.43. The molecule has 2 aromatic rings. The van der Waals surface area contributed by atoms with Gasteiger partial charge in [-0.2, -0.15) is 8.42 Å². The van der Waals surface area contributed by atoms with Crippen molar-refractivity contribution in [3.63, 3.8) is 0 Å². The Balaban J connectivity index is 1.49. The first-order valence-corrected chi connectivity index (χ1v) is 17.5. The second-order valence-electron chi connectivity index (χ2n) is 14.9. The topological polar surface area (TPSA) is 128 Å². The van der Waals surface area contributed by atoms with Crippen LogP contribution in [-0.4, -0.2) is 91.9 Å². The van der Waals surface area contributed by atoms with E-state index in [0.29, 0.717) is 43.1 Å². The first-order valence-electron chi connectivity index (χ1n) is 16.1. The monoisotopic (exact) mass is 639 g/mol. The number of likely N-dealkylation sites (tertiary alicyclic amines) is 1. The van der Waals surface area contributed by atoms with Crippen LogP contribution < -0.4 is 14.9 Å². The van der Waals surface area contributed by atoms with Gasteiger partial charge in [0.15, 0.2) is 5.03 Å². The number of sulfonamides is 1. The van der Waals surface area contributed by atoms with Gasteiger partial charge in [0, 0.05) is 42.3 Å². The fourth-order valence-corrected chi connectivity index (χ4v) is 7.96. The van der Waals surface area contributed by atoms with Gasteiger partial charge >= 0.3 is 0 Å². The molecule has 0 saturated carbocycles. The molecule has 2 N–H and O–H groups in total. The maximum absolute atomic E-state index is 13.7. The number of pyridine rings is 2. The van der Waals surface area contributed by atoms with Gasteiger partial charge in [-0.05, 0) is 96.1 Å². The number of fused-ring (bicyclic) bond motifs is 6. The molecule has 5 rings (SSSR count). The lowest BCUT2D eigenvalue weighted by Gasteiger charge is -2.37. The van der Waals surface area contributed by atoms with Crippen LogP contribution in [0.1, 0.15) is 82.8 Å². The highest BCUT2D eigenvalue weighted by molar-refractivity contribution is 7.90. The predicted molar refractivity (Wildman–Crippen MR) is 176 cm³/mol. The van der Waals surface area contributed by atoms with Crippen molar-refractivity contribution in [2.24, 2.45) is 11.8 Å². The fourth-order valence-electron chi connectivity index (χ4n) is 7.03. The number of piperidine rings is 1. The summed E-state index contributed by atoms with van der Waals surface area (Å²) in [5, 5.41) is 3.36. The molecule has 2 aromatic heterocycles.